The molecule has 0 heterocycles. The minimum absolute atomic E-state index is 0.176. The monoisotopic (exact) mass is 284 g/mol. The molecule has 2 atom stereocenters. The summed E-state index contributed by atoms with van der Waals surface area (Å²) < 4.78 is 0. The Bertz CT molecular complexity index is 310. The van der Waals surface area contributed by atoms with Crippen molar-refractivity contribution in [3.05, 3.63) is 12.2 Å². The van der Waals surface area contributed by atoms with Crippen LogP contribution in [0, 0.1) is 11.8 Å². The number of hydrogen-bond acceptors (Lipinski definition) is 2. The van der Waals surface area contributed by atoms with Crippen LogP contribution in [0.25, 0.3) is 0 Å². The maximum atomic E-state index is 11.3. The van der Waals surface area contributed by atoms with E-state index < -0.39 is 17.9 Å². The van der Waals surface area contributed by atoms with Gasteiger partial charge < -0.3 is 10.2 Å². The summed E-state index contributed by atoms with van der Waals surface area (Å²) in [6.07, 6.45) is 10.7. The lowest BCUT2D eigenvalue weighted by atomic mass is 9.85. The molecule has 0 fully saturated rings. The van der Waals surface area contributed by atoms with Crippen molar-refractivity contribution in [3.63, 3.8) is 0 Å². The van der Waals surface area contributed by atoms with E-state index in [9.17, 15) is 14.7 Å². The normalized spacial score (nSPS) is 14.3. The first-order valence-corrected chi connectivity index (χ1v) is 7.64. The minimum atomic E-state index is -1.04. The largest absolute Gasteiger partial charge is 0.481 e. The molecule has 0 aliphatic rings. The summed E-state index contributed by atoms with van der Waals surface area (Å²) in [5, 5.41) is 18.1. The number of hydrogen-bond donors (Lipinski definition) is 2. The fourth-order valence-electron chi connectivity index (χ4n) is 2.26. The zero-order valence-electron chi connectivity index (χ0n) is 12.7. The summed E-state index contributed by atoms with van der Waals surface area (Å²) in [6, 6.07) is 0. The molecule has 0 saturated carbocycles. The molecule has 0 rings (SSSR count). The predicted octanol–water partition coefficient (Wildman–Crippen LogP) is 4.10. The lowest BCUT2D eigenvalue weighted by Gasteiger charge is -2.19. The van der Waals surface area contributed by atoms with Gasteiger partial charge in [-0.15, -0.1) is 0 Å². The molecule has 20 heavy (non-hydrogen) atoms. The zero-order valence-corrected chi connectivity index (χ0v) is 12.7. The topological polar surface area (TPSA) is 74.6 Å². The molecule has 116 valence electrons. The summed E-state index contributed by atoms with van der Waals surface area (Å²) in [6.45, 7) is 4.19. The first-order valence-electron chi connectivity index (χ1n) is 7.64. The Balaban J connectivity index is 4.62. The van der Waals surface area contributed by atoms with Gasteiger partial charge in [-0.1, -0.05) is 51.7 Å². The zero-order chi connectivity index (χ0) is 15.4. The average Bonchev–Trinajstić information content (AvgIpc) is 2.39. The Morgan fingerprint density at radius 1 is 1.05 bits per heavy atom. The number of rotatable bonds is 12. The van der Waals surface area contributed by atoms with Crippen LogP contribution in [-0.4, -0.2) is 22.2 Å². The molecular weight excluding hydrogens is 256 g/mol. The summed E-state index contributed by atoms with van der Waals surface area (Å²) in [5.41, 5.74) is 0. The number of aliphatic carboxylic acids is 2. The maximum absolute atomic E-state index is 11.3. The number of allylic oxidation sites excluding steroid dienone is 2. The van der Waals surface area contributed by atoms with Gasteiger partial charge in [-0.05, 0) is 25.2 Å². The van der Waals surface area contributed by atoms with Gasteiger partial charge in [0.25, 0.3) is 0 Å². The number of carbonyl (C=O) groups is 2. The smallest absolute Gasteiger partial charge is 0.307 e. The Morgan fingerprint density at radius 2 is 1.70 bits per heavy atom. The van der Waals surface area contributed by atoms with Gasteiger partial charge in [0.2, 0.25) is 0 Å². The standard InChI is InChI=1S/C16H28O4/c1-3-5-7-8-9-11-13(10-6-4-2)14(16(19)20)12-15(17)18/h9,11,13-14H,3-8,10,12H2,1-2H3,(H,17,18)(H,19,20). The van der Waals surface area contributed by atoms with Crippen molar-refractivity contribution in [1.29, 1.82) is 0 Å². The molecule has 2 unspecified atom stereocenters. The van der Waals surface area contributed by atoms with E-state index in [0.717, 1.165) is 38.5 Å². The highest BCUT2D eigenvalue weighted by Gasteiger charge is 2.28. The fraction of sp³-hybridized carbons (Fsp3) is 0.750. The van der Waals surface area contributed by atoms with E-state index in [4.69, 9.17) is 5.11 Å². The third-order valence-corrected chi connectivity index (χ3v) is 3.48. The van der Waals surface area contributed by atoms with Gasteiger partial charge in [0.15, 0.2) is 0 Å². The second kappa shape index (κ2) is 11.5. The highest BCUT2D eigenvalue weighted by atomic mass is 16.4. The average molecular weight is 284 g/mol. The molecule has 0 aliphatic carbocycles. The number of carboxylic acid groups (broad SMARTS) is 2. The van der Waals surface area contributed by atoms with Gasteiger partial charge in [0, 0.05) is 0 Å². The van der Waals surface area contributed by atoms with Crippen LogP contribution in [-0.2, 0) is 9.59 Å². The molecular formula is C16H28O4. The van der Waals surface area contributed by atoms with Gasteiger partial charge in [0.05, 0.1) is 12.3 Å². The Morgan fingerprint density at radius 3 is 2.20 bits per heavy atom. The van der Waals surface area contributed by atoms with Crippen molar-refractivity contribution in [3.8, 4) is 0 Å². The molecule has 0 aromatic carbocycles. The quantitative estimate of drug-likeness (QED) is 0.418. The lowest BCUT2D eigenvalue weighted by molar-refractivity contribution is -0.149. The number of carboxylic acids is 2. The van der Waals surface area contributed by atoms with Crippen LogP contribution in [0.2, 0.25) is 0 Å². The van der Waals surface area contributed by atoms with E-state index in [2.05, 4.69) is 13.8 Å². The third kappa shape index (κ3) is 8.73. The van der Waals surface area contributed by atoms with Gasteiger partial charge >= 0.3 is 11.9 Å². The molecule has 0 aliphatic heterocycles. The van der Waals surface area contributed by atoms with Crippen LogP contribution in [0.4, 0.5) is 0 Å². The van der Waals surface area contributed by atoms with Gasteiger partial charge in [-0.25, -0.2) is 0 Å². The van der Waals surface area contributed by atoms with E-state index in [-0.39, 0.29) is 12.3 Å². The highest BCUT2D eigenvalue weighted by molar-refractivity contribution is 5.78. The van der Waals surface area contributed by atoms with Crippen molar-refractivity contribution in [2.45, 2.75) is 65.2 Å². The lowest BCUT2D eigenvalue weighted by Crippen LogP contribution is -2.25. The van der Waals surface area contributed by atoms with Crippen molar-refractivity contribution in [2.75, 3.05) is 0 Å². The van der Waals surface area contributed by atoms with Crippen LogP contribution < -0.4 is 0 Å². The molecule has 0 aromatic rings. The van der Waals surface area contributed by atoms with Crippen LogP contribution >= 0.6 is 0 Å². The molecule has 4 heteroatoms. The first kappa shape index (κ1) is 18.7. The molecule has 4 nitrogen and oxygen atoms in total. The Kier molecular flexibility index (Phi) is 10.7. The van der Waals surface area contributed by atoms with Crippen molar-refractivity contribution >= 4 is 11.9 Å². The van der Waals surface area contributed by atoms with Crippen LogP contribution in [0.5, 0.6) is 0 Å². The summed E-state index contributed by atoms with van der Waals surface area (Å²) >= 11 is 0. The molecule has 0 spiro atoms. The van der Waals surface area contributed by atoms with E-state index >= 15 is 0 Å². The van der Waals surface area contributed by atoms with Crippen molar-refractivity contribution in [1.82, 2.24) is 0 Å². The third-order valence-electron chi connectivity index (χ3n) is 3.48. The Hall–Kier alpha value is -1.32. The predicted molar refractivity (Wildman–Crippen MR) is 79.7 cm³/mol. The van der Waals surface area contributed by atoms with Gasteiger partial charge in [-0.2, -0.15) is 0 Å². The molecule has 0 amide bonds. The molecule has 0 saturated heterocycles. The van der Waals surface area contributed by atoms with Gasteiger partial charge in [-0.3, -0.25) is 9.59 Å². The summed E-state index contributed by atoms with van der Waals surface area (Å²) in [7, 11) is 0. The molecule has 0 radical (unpaired) electrons. The van der Waals surface area contributed by atoms with E-state index in [0.29, 0.717) is 0 Å². The molecule has 2 N–H and O–H groups in total. The highest BCUT2D eigenvalue weighted by Crippen LogP contribution is 2.24. The van der Waals surface area contributed by atoms with Crippen molar-refractivity contribution < 1.29 is 19.8 Å². The van der Waals surface area contributed by atoms with E-state index in [1.165, 1.54) is 6.42 Å². The maximum Gasteiger partial charge on any atom is 0.307 e. The first-order chi connectivity index (χ1) is 9.52. The molecule has 0 aromatic heterocycles. The summed E-state index contributed by atoms with van der Waals surface area (Å²) in [4.78, 5) is 22.1. The van der Waals surface area contributed by atoms with Gasteiger partial charge in [0.1, 0.15) is 0 Å². The second-order valence-electron chi connectivity index (χ2n) is 5.27. The second-order valence-corrected chi connectivity index (χ2v) is 5.27. The van der Waals surface area contributed by atoms with Crippen LogP contribution in [0.15, 0.2) is 12.2 Å². The Labute approximate surface area is 121 Å². The fourth-order valence-corrected chi connectivity index (χ4v) is 2.26. The van der Waals surface area contributed by atoms with Crippen LogP contribution in [0.3, 0.4) is 0 Å². The summed E-state index contributed by atoms with van der Waals surface area (Å²) in [5.74, 6) is -3.04. The minimum Gasteiger partial charge on any atom is -0.481 e. The molecule has 0 bridgehead atoms. The van der Waals surface area contributed by atoms with Crippen molar-refractivity contribution in [2.24, 2.45) is 11.8 Å². The van der Waals surface area contributed by atoms with E-state index in [1.54, 1.807) is 0 Å². The number of unbranched alkanes of at least 4 members (excludes halogenated alkanes) is 4. The van der Waals surface area contributed by atoms with Crippen LogP contribution in [0.1, 0.15) is 65.2 Å². The van der Waals surface area contributed by atoms with E-state index in [1.807, 2.05) is 12.2 Å². The SMILES string of the molecule is CCCCCC=CC(CCCC)C(CC(=O)O)C(=O)O.